The molecule has 3 N–H and O–H groups in total. The molecule has 0 aliphatic carbocycles. The maximum atomic E-state index is 13.2. The predicted octanol–water partition coefficient (Wildman–Crippen LogP) is 1.65. The molecule has 0 bridgehead atoms. The highest BCUT2D eigenvalue weighted by atomic mass is 19.1. The van der Waals surface area contributed by atoms with Crippen LogP contribution < -0.4 is 5.32 Å². The molecule has 1 rings (SSSR count). The molecule has 0 aliphatic rings. The fourth-order valence-corrected chi connectivity index (χ4v) is 1.75. The predicted molar refractivity (Wildman–Crippen MR) is 78.3 cm³/mol. The summed E-state index contributed by atoms with van der Waals surface area (Å²) in [6.45, 7) is 4.51. The van der Waals surface area contributed by atoms with Crippen LogP contribution in [0.5, 0.6) is 0 Å². The number of nitro groups is 1. The first-order valence-corrected chi connectivity index (χ1v) is 6.78. The fraction of sp³-hybridized carbons (Fsp3) is 0.500. The van der Waals surface area contributed by atoms with Gasteiger partial charge in [-0.1, -0.05) is 0 Å². The van der Waals surface area contributed by atoms with Gasteiger partial charge in [-0.3, -0.25) is 10.1 Å². The van der Waals surface area contributed by atoms with Crippen molar-refractivity contribution >= 4 is 11.8 Å². The number of ether oxygens (including phenoxy) is 1. The van der Waals surface area contributed by atoms with Crippen molar-refractivity contribution in [2.24, 2.45) is 0 Å². The van der Waals surface area contributed by atoms with Gasteiger partial charge in [0.05, 0.1) is 10.5 Å². The number of rotatable bonds is 5. The van der Waals surface area contributed by atoms with Crippen LogP contribution in [0, 0.1) is 15.9 Å². The van der Waals surface area contributed by atoms with Crippen molar-refractivity contribution in [3.63, 3.8) is 0 Å². The van der Waals surface area contributed by atoms with Crippen LogP contribution in [-0.4, -0.2) is 39.5 Å². The zero-order chi connectivity index (χ0) is 17.8. The third kappa shape index (κ3) is 5.80. The molecule has 2 unspecified atom stereocenters. The van der Waals surface area contributed by atoms with E-state index in [1.807, 2.05) is 0 Å². The van der Waals surface area contributed by atoms with Gasteiger partial charge in [0.15, 0.2) is 0 Å². The lowest BCUT2D eigenvalue weighted by Crippen LogP contribution is -2.39. The highest BCUT2D eigenvalue weighted by Gasteiger charge is 2.27. The van der Waals surface area contributed by atoms with E-state index in [4.69, 9.17) is 4.74 Å². The van der Waals surface area contributed by atoms with Crippen molar-refractivity contribution in [3.05, 3.63) is 39.7 Å². The number of hydrogen-bond donors (Lipinski definition) is 3. The normalized spacial score (nSPS) is 14.0. The Morgan fingerprint density at radius 1 is 1.43 bits per heavy atom. The Balaban J connectivity index is 2.77. The summed E-state index contributed by atoms with van der Waals surface area (Å²) in [6.07, 6.45) is -4.15. The number of aliphatic hydroxyl groups excluding tert-OH is 2. The van der Waals surface area contributed by atoms with Gasteiger partial charge < -0.3 is 20.3 Å². The zero-order valence-electron chi connectivity index (χ0n) is 12.9. The van der Waals surface area contributed by atoms with E-state index in [0.717, 1.165) is 18.2 Å². The molecule has 8 nitrogen and oxygen atoms in total. The van der Waals surface area contributed by atoms with Crippen LogP contribution in [-0.2, 0) is 4.74 Å². The van der Waals surface area contributed by atoms with Crippen molar-refractivity contribution in [1.29, 1.82) is 0 Å². The molecule has 128 valence electrons. The van der Waals surface area contributed by atoms with Gasteiger partial charge in [0.1, 0.15) is 23.6 Å². The average Bonchev–Trinajstić information content (AvgIpc) is 2.41. The second-order valence-electron chi connectivity index (χ2n) is 5.86. The standard InChI is InChI=1S/C14H19FN2O6/c1-14(2,3)23-13(20)16-7-11(18)12(19)9-6-8(15)4-5-10(9)17(21)22/h4-6,11-12,18-19H,7H2,1-3H3,(H,16,20). The van der Waals surface area contributed by atoms with E-state index in [9.17, 15) is 29.5 Å². The second-order valence-corrected chi connectivity index (χ2v) is 5.86. The fourth-order valence-electron chi connectivity index (χ4n) is 1.75. The van der Waals surface area contributed by atoms with Crippen molar-refractivity contribution in [2.45, 2.75) is 38.6 Å². The molecular formula is C14H19FN2O6. The summed E-state index contributed by atoms with van der Waals surface area (Å²) in [6, 6.07) is 2.53. The highest BCUT2D eigenvalue weighted by molar-refractivity contribution is 5.67. The molecule has 0 fully saturated rings. The molecule has 0 saturated heterocycles. The Labute approximate surface area is 132 Å². The summed E-state index contributed by atoms with van der Waals surface area (Å²) in [4.78, 5) is 21.5. The molecule has 1 amide bonds. The van der Waals surface area contributed by atoms with E-state index in [2.05, 4.69) is 5.32 Å². The second kappa shape index (κ2) is 7.34. The van der Waals surface area contributed by atoms with Gasteiger partial charge in [-0.05, 0) is 32.9 Å². The van der Waals surface area contributed by atoms with Crippen LogP contribution in [0.15, 0.2) is 18.2 Å². The van der Waals surface area contributed by atoms with Gasteiger partial charge in [0.2, 0.25) is 0 Å². The number of halogens is 1. The maximum Gasteiger partial charge on any atom is 0.407 e. The first-order valence-electron chi connectivity index (χ1n) is 6.78. The lowest BCUT2D eigenvalue weighted by Gasteiger charge is -2.22. The van der Waals surface area contributed by atoms with Gasteiger partial charge in [0.25, 0.3) is 5.69 Å². The van der Waals surface area contributed by atoms with Crippen LogP contribution in [0.2, 0.25) is 0 Å². The number of aliphatic hydroxyl groups is 2. The Morgan fingerprint density at radius 3 is 2.57 bits per heavy atom. The van der Waals surface area contributed by atoms with E-state index < -0.39 is 46.9 Å². The van der Waals surface area contributed by atoms with Crippen LogP contribution in [0.4, 0.5) is 14.9 Å². The number of nitro benzene ring substituents is 1. The maximum absolute atomic E-state index is 13.2. The first-order chi connectivity index (χ1) is 10.5. The molecule has 23 heavy (non-hydrogen) atoms. The minimum absolute atomic E-state index is 0.381. The minimum Gasteiger partial charge on any atom is -0.444 e. The van der Waals surface area contributed by atoms with Crippen LogP contribution >= 0.6 is 0 Å². The van der Waals surface area contributed by atoms with Gasteiger partial charge in [-0.25, -0.2) is 9.18 Å². The SMILES string of the molecule is CC(C)(C)OC(=O)NCC(O)C(O)c1cc(F)ccc1[N+](=O)[O-]. The van der Waals surface area contributed by atoms with Crippen molar-refractivity contribution in [1.82, 2.24) is 5.32 Å². The molecule has 2 atom stereocenters. The molecule has 0 heterocycles. The van der Waals surface area contributed by atoms with Gasteiger partial charge >= 0.3 is 6.09 Å². The molecule has 0 saturated carbocycles. The van der Waals surface area contributed by atoms with E-state index in [1.54, 1.807) is 20.8 Å². The lowest BCUT2D eigenvalue weighted by atomic mass is 10.0. The summed E-state index contributed by atoms with van der Waals surface area (Å²) >= 11 is 0. The van der Waals surface area contributed by atoms with Crippen LogP contribution in [0.3, 0.4) is 0 Å². The number of hydrogen-bond acceptors (Lipinski definition) is 6. The topological polar surface area (TPSA) is 122 Å². The van der Waals surface area contributed by atoms with Crippen LogP contribution in [0.1, 0.15) is 32.4 Å². The monoisotopic (exact) mass is 330 g/mol. The Morgan fingerprint density at radius 2 is 2.04 bits per heavy atom. The Bertz CT molecular complexity index is 587. The number of alkyl carbamates (subject to hydrolysis) is 1. The number of carbonyl (C=O) groups is 1. The molecule has 1 aromatic carbocycles. The van der Waals surface area contributed by atoms with Gasteiger partial charge in [-0.15, -0.1) is 0 Å². The van der Waals surface area contributed by atoms with E-state index in [-0.39, 0.29) is 5.56 Å². The third-order valence-corrected chi connectivity index (χ3v) is 2.72. The number of benzene rings is 1. The average molecular weight is 330 g/mol. The summed E-state index contributed by atoms with van der Waals surface area (Å²) in [5.41, 5.74) is -1.65. The molecule has 0 radical (unpaired) electrons. The number of nitrogens with one attached hydrogen (secondary N) is 1. The van der Waals surface area contributed by atoms with Crippen LogP contribution in [0.25, 0.3) is 0 Å². The Hall–Kier alpha value is -2.26. The summed E-state index contributed by atoms with van der Waals surface area (Å²) in [7, 11) is 0. The van der Waals surface area contributed by atoms with Gasteiger partial charge in [-0.2, -0.15) is 0 Å². The molecular weight excluding hydrogens is 311 g/mol. The van der Waals surface area contributed by atoms with Crippen molar-refractivity contribution in [2.75, 3.05) is 6.54 Å². The molecule has 0 aliphatic heterocycles. The van der Waals surface area contributed by atoms with Crippen molar-refractivity contribution in [3.8, 4) is 0 Å². The lowest BCUT2D eigenvalue weighted by molar-refractivity contribution is -0.386. The third-order valence-electron chi connectivity index (χ3n) is 2.72. The molecule has 0 spiro atoms. The quantitative estimate of drug-likeness (QED) is 0.557. The smallest absolute Gasteiger partial charge is 0.407 e. The van der Waals surface area contributed by atoms with E-state index >= 15 is 0 Å². The van der Waals surface area contributed by atoms with Gasteiger partial charge in [0, 0.05) is 12.6 Å². The summed E-state index contributed by atoms with van der Waals surface area (Å²) in [5.74, 6) is -0.794. The molecule has 0 aromatic heterocycles. The number of carbonyl (C=O) groups excluding carboxylic acids is 1. The van der Waals surface area contributed by atoms with E-state index in [0.29, 0.717) is 0 Å². The summed E-state index contributed by atoms with van der Waals surface area (Å²) < 4.78 is 18.2. The number of nitrogens with zero attached hydrogens (tertiary/aromatic N) is 1. The zero-order valence-corrected chi connectivity index (χ0v) is 12.9. The van der Waals surface area contributed by atoms with Crippen molar-refractivity contribution < 1.29 is 29.1 Å². The summed E-state index contributed by atoms with van der Waals surface area (Å²) in [5, 5.41) is 32.9. The first kappa shape index (κ1) is 18.8. The number of amides is 1. The van der Waals surface area contributed by atoms with E-state index in [1.165, 1.54) is 0 Å². The molecule has 9 heteroatoms. The largest absolute Gasteiger partial charge is 0.444 e. The highest BCUT2D eigenvalue weighted by Crippen LogP contribution is 2.28. The minimum atomic E-state index is -1.75. The molecule has 1 aromatic rings. The Kier molecular flexibility index (Phi) is 5.99.